The molecule has 0 heterocycles. The monoisotopic (exact) mass is 492 g/mol. The van der Waals surface area contributed by atoms with E-state index in [2.05, 4.69) is 63.3 Å². The molecule has 0 bridgehead atoms. The number of hydrogen-bond donors (Lipinski definition) is 2. The molecular formula is C30H41FN2OSi. The molecule has 0 spiro atoms. The molecule has 3 N–H and O–H groups in total. The number of halogens is 1. The largest absolute Gasteiger partial charge is 0.404 e. The Labute approximate surface area is 212 Å². The number of benzene rings is 3. The first-order valence-corrected chi connectivity index (χ1v) is 14.4. The molecule has 3 aromatic rings. The highest BCUT2D eigenvalue weighted by Crippen LogP contribution is 2.37. The normalized spacial score (nSPS) is 14.9. The zero-order chi connectivity index (χ0) is 25.7. The number of nitrogen functional groups attached to an aromatic ring is 1. The number of hydrogen-bond acceptors (Lipinski definition) is 3. The van der Waals surface area contributed by atoms with Gasteiger partial charge in [0, 0.05) is 18.3 Å². The third-order valence-electron chi connectivity index (χ3n) is 6.84. The SMILES string of the molecule is Cc1c(N)cccc1CC(C)NCC(C)(F)CO[Si](c1ccccc1)(c1ccccc1)C(C)(C)C. The quantitative estimate of drug-likeness (QED) is 0.294. The molecule has 2 unspecified atom stereocenters. The molecule has 0 fully saturated rings. The van der Waals surface area contributed by atoms with Crippen molar-refractivity contribution in [2.75, 3.05) is 18.9 Å². The molecule has 0 aliphatic carbocycles. The molecule has 0 aliphatic rings. The van der Waals surface area contributed by atoms with Gasteiger partial charge in [-0.1, -0.05) is 93.6 Å². The molecule has 0 saturated heterocycles. The predicted molar refractivity (Wildman–Crippen MR) is 150 cm³/mol. The summed E-state index contributed by atoms with van der Waals surface area (Å²) < 4.78 is 22.7. The molecule has 0 aromatic heterocycles. The lowest BCUT2D eigenvalue weighted by atomic mass is 10.00. The third kappa shape index (κ3) is 6.40. The average Bonchev–Trinajstić information content (AvgIpc) is 2.82. The summed E-state index contributed by atoms with van der Waals surface area (Å²) in [4.78, 5) is 0. The fourth-order valence-corrected chi connectivity index (χ4v) is 9.46. The van der Waals surface area contributed by atoms with E-state index in [1.54, 1.807) is 6.92 Å². The zero-order valence-corrected chi connectivity index (χ0v) is 23.1. The van der Waals surface area contributed by atoms with Crippen LogP contribution in [-0.2, 0) is 10.8 Å². The molecule has 5 heteroatoms. The zero-order valence-electron chi connectivity index (χ0n) is 22.1. The van der Waals surface area contributed by atoms with Crippen molar-refractivity contribution in [1.82, 2.24) is 5.32 Å². The number of nitrogens with one attached hydrogen (secondary N) is 1. The Balaban J connectivity index is 1.78. The molecule has 0 aliphatic heterocycles. The van der Waals surface area contributed by atoms with E-state index in [9.17, 15) is 0 Å². The fraction of sp³-hybridized carbons (Fsp3) is 0.400. The highest BCUT2D eigenvalue weighted by Gasteiger charge is 2.51. The first-order chi connectivity index (χ1) is 16.5. The first kappa shape index (κ1) is 27.1. The number of alkyl halides is 1. The lowest BCUT2D eigenvalue weighted by molar-refractivity contribution is 0.0927. The van der Waals surface area contributed by atoms with Crippen molar-refractivity contribution in [2.24, 2.45) is 0 Å². The Hall–Kier alpha value is -2.47. The molecule has 3 rings (SSSR count). The maximum absolute atomic E-state index is 15.9. The van der Waals surface area contributed by atoms with Crippen LogP contribution >= 0.6 is 0 Å². The van der Waals surface area contributed by atoms with Crippen LogP contribution in [0.2, 0.25) is 5.04 Å². The molecular weight excluding hydrogens is 451 g/mol. The van der Waals surface area contributed by atoms with Crippen molar-refractivity contribution >= 4 is 24.4 Å². The maximum atomic E-state index is 15.9. The van der Waals surface area contributed by atoms with Crippen LogP contribution in [0.25, 0.3) is 0 Å². The summed E-state index contributed by atoms with van der Waals surface area (Å²) in [5.41, 5.74) is 7.62. The number of rotatable bonds is 10. The van der Waals surface area contributed by atoms with Crippen molar-refractivity contribution in [3.05, 3.63) is 90.0 Å². The van der Waals surface area contributed by atoms with Gasteiger partial charge < -0.3 is 15.5 Å². The van der Waals surface area contributed by atoms with Crippen molar-refractivity contribution in [1.29, 1.82) is 0 Å². The van der Waals surface area contributed by atoms with Gasteiger partial charge in [-0.3, -0.25) is 0 Å². The summed E-state index contributed by atoms with van der Waals surface area (Å²) in [6.45, 7) is 12.6. The Kier molecular flexibility index (Phi) is 8.57. The van der Waals surface area contributed by atoms with Crippen LogP contribution in [0.5, 0.6) is 0 Å². The van der Waals surface area contributed by atoms with Gasteiger partial charge in [0.25, 0.3) is 8.32 Å². The Morgan fingerprint density at radius 3 is 1.94 bits per heavy atom. The lowest BCUT2D eigenvalue weighted by Crippen LogP contribution is -2.67. The van der Waals surface area contributed by atoms with E-state index in [1.165, 1.54) is 5.56 Å². The molecule has 35 heavy (non-hydrogen) atoms. The minimum Gasteiger partial charge on any atom is -0.404 e. The van der Waals surface area contributed by atoms with Gasteiger partial charge in [0.05, 0.1) is 6.61 Å². The second-order valence-electron chi connectivity index (χ2n) is 11.0. The first-order valence-electron chi connectivity index (χ1n) is 12.5. The van der Waals surface area contributed by atoms with E-state index in [1.807, 2.05) is 55.5 Å². The molecule has 0 radical (unpaired) electrons. The van der Waals surface area contributed by atoms with Crippen molar-refractivity contribution < 1.29 is 8.82 Å². The molecule has 0 saturated carbocycles. The van der Waals surface area contributed by atoms with E-state index in [-0.39, 0.29) is 24.2 Å². The molecule has 188 valence electrons. The van der Waals surface area contributed by atoms with E-state index < -0.39 is 14.0 Å². The van der Waals surface area contributed by atoms with Gasteiger partial charge in [-0.2, -0.15) is 0 Å². The second-order valence-corrected chi connectivity index (χ2v) is 15.3. The lowest BCUT2D eigenvalue weighted by Gasteiger charge is -2.44. The smallest absolute Gasteiger partial charge is 0.261 e. The number of nitrogens with two attached hydrogens (primary N) is 1. The van der Waals surface area contributed by atoms with E-state index in [0.29, 0.717) is 0 Å². The van der Waals surface area contributed by atoms with Gasteiger partial charge in [-0.15, -0.1) is 0 Å². The molecule has 3 aromatic carbocycles. The summed E-state index contributed by atoms with van der Waals surface area (Å²) in [6.07, 6.45) is 0.794. The van der Waals surface area contributed by atoms with Crippen LogP contribution < -0.4 is 21.4 Å². The van der Waals surface area contributed by atoms with Crippen LogP contribution in [0, 0.1) is 6.92 Å². The van der Waals surface area contributed by atoms with E-state index in [4.69, 9.17) is 10.2 Å². The van der Waals surface area contributed by atoms with Gasteiger partial charge in [-0.05, 0) is 59.8 Å². The maximum Gasteiger partial charge on any atom is 0.261 e. The predicted octanol–water partition coefficient (Wildman–Crippen LogP) is 5.40. The van der Waals surface area contributed by atoms with Crippen molar-refractivity contribution in [3.8, 4) is 0 Å². The minimum absolute atomic E-state index is 0.0251. The Morgan fingerprint density at radius 2 is 1.43 bits per heavy atom. The highest BCUT2D eigenvalue weighted by atomic mass is 28.4. The van der Waals surface area contributed by atoms with Crippen LogP contribution in [0.4, 0.5) is 10.1 Å². The molecule has 0 amide bonds. The molecule has 2 atom stereocenters. The highest BCUT2D eigenvalue weighted by molar-refractivity contribution is 6.99. The Morgan fingerprint density at radius 1 is 0.886 bits per heavy atom. The van der Waals surface area contributed by atoms with E-state index in [0.717, 1.165) is 28.0 Å². The van der Waals surface area contributed by atoms with Crippen LogP contribution in [-0.4, -0.2) is 33.2 Å². The van der Waals surface area contributed by atoms with Crippen molar-refractivity contribution in [2.45, 2.75) is 64.7 Å². The van der Waals surface area contributed by atoms with Gasteiger partial charge >= 0.3 is 0 Å². The summed E-state index contributed by atoms with van der Waals surface area (Å²) in [5, 5.41) is 5.53. The third-order valence-corrected chi connectivity index (χ3v) is 11.8. The molecule has 3 nitrogen and oxygen atoms in total. The standard InChI is InChI=1S/C30H41FN2OSi/c1-23(20-25-14-13-19-28(32)24(25)2)33-21-30(6,31)22-34-35(29(3,4)5,26-15-9-7-10-16-26)27-17-11-8-12-18-27/h7-19,23,33H,20-22,32H2,1-6H3. The fourth-order valence-electron chi connectivity index (χ4n) is 4.78. The summed E-state index contributed by atoms with van der Waals surface area (Å²) in [5.74, 6) is 0. The average molecular weight is 493 g/mol. The minimum atomic E-state index is -2.77. The van der Waals surface area contributed by atoms with Crippen molar-refractivity contribution in [3.63, 3.8) is 0 Å². The van der Waals surface area contributed by atoms with Gasteiger partial charge in [-0.25, -0.2) is 4.39 Å². The summed E-state index contributed by atoms with van der Waals surface area (Å²) >= 11 is 0. The van der Waals surface area contributed by atoms with Crippen LogP contribution in [0.3, 0.4) is 0 Å². The van der Waals surface area contributed by atoms with Gasteiger partial charge in [0.15, 0.2) is 0 Å². The Bertz CT molecular complexity index is 1040. The second kappa shape index (κ2) is 11.1. The van der Waals surface area contributed by atoms with Crippen LogP contribution in [0.15, 0.2) is 78.9 Å². The summed E-state index contributed by atoms with van der Waals surface area (Å²) in [6, 6.07) is 26.8. The van der Waals surface area contributed by atoms with E-state index >= 15 is 4.39 Å². The summed E-state index contributed by atoms with van der Waals surface area (Å²) in [7, 11) is -2.77. The van der Waals surface area contributed by atoms with Crippen LogP contribution in [0.1, 0.15) is 45.7 Å². The number of anilines is 1. The van der Waals surface area contributed by atoms with Gasteiger partial charge in [0.2, 0.25) is 0 Å². The topological polar surface area (TPSA) is 47.3 Å². The van der Waals surface area contributed by atoms with Gasteiger partial charge in [0.1, 0.15) is 5.67 Å².